The smallest absolute Gasteiger partial charge is 0.282 e. The van der Waals surface area contributed by atoms with Gasteiger partial charge in [0.05, 0.1) is 31.8 Å². The predicted octanol–water partition coefficient (Wildman–Crippen LogP) is 6.59. The van der Waals surface area contributed by atoms with E-state index < -0.39 is 72.1 Å². The van der Waals surface area contributed by atoms with Crippen molar-refractivity contribution in [1.82, 2.24) is 10.0 Å². The molecule has 0 spiro atoms. The Labute approximate surface area is 270 Å². The second-order valence-electron chi connectivity index (χ2n) is 9.25. The molecule has 41 heavy (non-hydrogen) atoms. The van der Waals surface area contributed by atoms with Crippen molar-refractivity contribution in [2.75, 3.05) is 6.54 Å². The van der Waals surface area contributed by atoms with Gasteiger partial charge in [0.1, 0.15) is 21.9 Å². The lowest BCUT2D eigenvalue weighted by atomic mass is 9.84. The third-order valence-corrected chi connectivity index (χ3v) is 12.0. The molecule has 0 N–H and O–H groups in total. The number of nitro benzene ring substituents is 1. The van der Waals surface area contributed by atoms with Gasteiger partial charge in [-0.05, 0) is 24.3 Å². The van der Waals surface area contributed by atoms with Crippen LogP contribution in [-0.2, 0) is 9.59 Å². The van der Waals surface area contributed by atoms with E-state index in [9.17, 15) is 29.3 Å². The average Bonchev–Trinajstić information content (AvgIpc) is 3.29. The summed E-state index contributed by atoms with van der Waals surface area (Å²) in [6, 6.07) is 8.63. The molecule has 4 atom stereocenters. The lowest BCUT2D eigenvalue weighted by Gasteiger charge is -2.36. The van der Waals surface area contributed by atoms with Gasteiger partial charge >= 0.3 is 0 Å². The zero-order chi connectivity index (χ0) is 30.4. The van der Waals surface area contributed by atoms with Gasteiger partial charge in [-0.2, -0.15) is 5.01 Å². The Balaban J connectivity index is 1.64. The standard InChI is InChI=1S/C24H11Cl8N3O6/c25-9-5-6-10(12(26)7-9)14(36)8-33(19(37)11-3-1-2-4-13(11)35(40)41)34-20(38)15-16(21(34)39)23(30)18(28)17(27)22(15,29)24(23,31)32/h1-7,15-16H,8H2/t15-,16+,22-,23-/m1/s1. The molecule has 214 valence electrons. The molecular formula is C24H11Cl8N3O6. The summed E-state index contributed by atoms with van der Waals surface area (Å²) in [5.74, 6) is -7.65. The maximum atomic E-state index is 13.9. The summed E-state index contributed by atoms with van der Waals surface area (Å²) in [5.41, 5.74) is -1.31. The van der Waals surface area contributed by atoms with Crippen LogP contribution in [0.4, 0.5) is 5.69 Å². The first-order valence-corrected chi connectivity index (χ1v) is 14.3. The summed E-state index contributed by atoms with van der Waals surface area (Å²) in [6.45, 7) is -0.977. The van der Waals surface area contributed by atoms with Gasteiger partial charge in [-0.1, -0.05) is 81.7 Å². The van der Waals surface area contributed by atoms with Crippen LogP contribution < -0.4 is 0 Å². The number of benzene rings is 2. The minimum absolute atomic E-state index is 0.0918. The number of para-hydroxylation sites is 1. The molecule has 2 aromatic rings. The Morgan fingerprint density at radius 2 is 1.41 bits per heavy atom. The molecule has 2 aromatic carbocycles. The number of rotatable bonds is 6. The van der Waals surface area contributed by atoms with E-state index in [1.54, 1.807) is 0 Å². The lowest BCUT2D eigenvalue weighted by Crippen LogP contribution is -2.56. The molecule has 1 heterocycles. The SMILES string of the molecule is O=C(CN(C(=O)c1ccccc1[N+](=O)[O-])N1C(=O)[C@@H]2[C@H](C1=O)[C@@]1(Cl)C(Cl)=C(Cl)[C@@]2(Cl)C1(Cl)Cl)c1ccc(Cl)cc1Cl. The van der Waals surface area contributed by atoms with Crippen LogP contribution in [0.25, 0.3) is 0 Å². The maximum Gasteiger partial charge on any atom is 0.282 e. The summed E-state index contributed by atoms with van der Waals surface area (Å²) in [7, 11) is 0. The number of carbonyl (C=O) groups is 4. The number of hydrogen-bond donors (Lipinski definition) is 0. The lowest BCUT2D eigenvalue weighted by molar-refractivity contribution is -0.385. The van der Waals surface area contributed by atoms with Crippen LogP contribution in [0.3, 0.4) is 0 Å². The van der Waals surface area contributed by atoms with Crippen LogP contribution in [-0.4, -0.2) is 59.1 Å². The van der Waals surface area contributed by atoms with E-state index in [1.165, 1.54) is 30.3 Å². The average molecular weight is 721 g/mol. The van der Waals surface area contributed by atoms with Gasteiger partial charge in [-0.15, -0.1) is 23.2 Å². The molecule has 9 nitrogen and oxygen atoms in total. The number of amides is 3. The zero-order valence-corrected chi connectivity index (χ0v) is 25.8. The first-order valence-electron chi connectivity index (χ1n) is 11.3. The molecule has 5 rings (SSSR count). The first kappa shape index (κ1) is 30.6. The molecule has 17 heteroatoms. The quantitative estimate of drug-likeness (QED) is 0.109. The topological polar surface area (TPSA) is 118 Å². The van der Waals surface area contributed by atoms with E-state index in [0.717, 1.165) is 12.1 Å². The van der Waals surface area contributed by atoms with Crippen molar-refractivity contribution in [2.45, 2.75) is 14.1 Å². The molecule has 2 fully saturated rings. The molecule has 0 aromatic heterocycles. The Bertz CT molecular complexity index is 1590. The Morgan fingerprint density at radius 3 is 1.93 bits per heavy atom. The second kappa shape index (κ2) is 10.1. The third kappa shape index (κ3) is 3.97. The van der Waals surface area contributed by atoms with Crippen molar-refractivity contribution < 1.29 is 24.1 Å². The van der Waals surface area contributed by atoms with E-state index in [-0.39, 0.29) is 25.7 Å². The van der Waals surface area contributed by atoms with Gasteiger partial charge in [0.15, 0.2) is 10.1 Å². The van der Waals surface area contributed by atoms with Crippen molar-refractivity contribution in [3.05, 3.63) is 83.8 Å². The van der Waals surface area contributed by atoms with E-state index in [0.29, 0.717) is 10.0 Å². The molecule has 3 amide bonds. The van der Waals surface area contributed by atoms with Crippen molar-refractivity contribution in [3.63, 3.8) is 0 Å². The van der Waals surface area contributed by atoms with E-state index in [4.69, 9.17) is 92.8 Å². The highest BCUT2D eigenvalue weighted by atomic mass is 35.5. The summed E-state index contributed by atoms with van der Waals surface area (Å²) in [6.07, 6.45) is 0. The highest BCUT2D eigenvalue weighted by molar-refractivity contribution is 6.66. The number of carbonyl (C=O) groups excluding carboxylic acids is 4. The number of allylic oxidation sites excluding steroid dienone is 2. The fourth-order valence-electron chi connectivity index (χ4n) is 5.34. The number of fused-ring (bicyclic) bond motifs is 5. The van der Waals surface area contributed by atoms with Crippen molar-refractivity contribution >= 4 is 122 Å². The highest BCUT2D eigenvalue weighted by Gasteiger charge is 2.88. The molecule has 2 bridgehead atoms. The number of imide groups is 1. The Morgan fingerprint density at radius 1 is 0.878 bits per heavy atom. The van der Waals surface area contributed by atoms with Gasteiger partial charge in [0.25, 0.3) is 23.4 Å². The molecule has 1 aliphatic heterocycles. The summed E-state index contributed by atoms with van der Waals surface area (Å²) < 4.78 is -2.25. The Kier molecular flexibility index (Phi) is 7.57. The number of Topliss-reactive ketones (excluding diaryl/α,β-unsaturated/α-hetero) is 1. The van der Waals surface area contributed by atoms with E-state index >= 15 is 0 Å². The highest BCUT2D eigenvalue weighted by Crippen LogP contribution is 2.77. The van der Waals surface area contributed by atoms with Gasteiger partial charge in [0, 0.05) is 16.7 Å². The van der Waals surface area contributed by atoms with Crippen molar-refractivity contribution in [1.29, 1.82) is 0 Å². The molecular weight excluding hydrogens is 710 g/mol. The number of halogens is 8. The molecule has 0 unspecified atom stereocenters. The minimum Gasteiger partial charge on any atom is -0.292 e. The molecule has 1 saturated carbocycles. The van der Waals surface area contributed by atoms with Gasteiger partial charge in [-0.25, -0.2) is 5.01 Å². The monoisotopic (exact) mass is 717 g/mol. The molecule has 2 aliphatic carbocycles. The third-order valence-electron chi connectivity index (χ3n) is 7.22. The number of hydrazine groups is 1. The molecule has 1 saturated heterocycles. The molecule has 0 radical (unpaired) electrons. The van der Waals surface area contributed by atoms with Gasteiger partial charge < -0.3 is 0 Å². The number of ketones is 1. The summed E-state index contributed by atoms with van der Waals surface area (Å²) >= 11 is 51.2. The number of alkyl halides is 4. The Hall–Kier alpha value is -1.82. The first-order chi connectivity index (χ1) is 19.0. The second-order valence-corrected chi connectivity index (χ2v) is 13.4. The van der Waals surface area contributed by atoms with E-state index in [2.05, 4.69) is 0 Å². The number of hydrogen-bond acceptors (Lipinski definition) is 6. The minimum atomic E-state index is -2.25. The van der Waals surface area contributed by atoms with Gasteiger partial charge in [0.2, 0.25) is 0 Å². The maximum absolute atomic E-state index is 13.9. The fourth-order valence-corrected chi connectivity index (χ4v) is 8.78. The van der Waals surface area contributed by atoms with Gasteiger partial charge in [-0.3, -0.25) is 29.3 Å². The van der Waals surface area contributed by atoms with E-state index in [1.807, 2.05) is 0 Å². The number of nitro groups is 1. The summed E-state index contributed by atoms with van der Waals surface area (Å²) in [5, 5.41) is 11.9. The van der Waals surface area contributed by atoms with Crippen LogP contribution in [0.1, 0.15) is 20.7 Å². The van der Waals surface area contributed by atoms with Crippen LogP contribution in [0.5, 0.6) is 0 Å². The van der Waals surface area contributed by atoms with Crippen LogP contribution in [0, 0.1) is 22.0 Å². The largest absolute Gasteiger partial charge is 0.292 e. The van der Waals surface area contributed by atoms with Crippen molar-refractivity contribution in [2.24, 2.45) is 11.8 Å². The molecule has 3 aliphatic rings. The predicted molar refractivity (Wildman–Crippen MR) is 154 cm³/mol. The van der Waals surface area contributed by atoms with Crippen LogP contribution in [0.15, 0.2) is 52.5 Å². The number of nitrogens with zero attached hydrogens (tertiary/aromatic N) is 3. The van der Waals surface area contributed by atoms with Crippen LogP contribution >= 0.6 is 92.8 Å². The zero-order valence-electron chi connectivity index (χ0n) is 19.7. The fraction of sp³-hybridized carbons (Fsp3) is 0.250. The normalized spacial score (nSPS) is 27.9. The van der Waals surface area contributed by atoms with Crippen LogP contribution in [0.2, 0.25) is 10.0 Å². The van der Waals surface area contributed by atoms with Crippen molar-refractivity contribution in [3.8, 4) is 0 Å². The summed E-state index contributed by atoms with van der Waals surface area (Å²) in [4.78, 5) is 61.6.